The molecule has 0 saturated carbocycles. The van der Waals surface area contributed by atoms with E-state index >= 15 is 0 Å². The maximum atomic E-state index is 6.00. The minimum absolute atomic E-state index is 0.374. The van der Waals surface area contributed by atoms with Crippen LogP contribution in [0.3, 0.4) is 0 Å². The number of nitrogen functional groups attached to an aromatic ring is 1. The van der Waals surface area contributed by atoms with Crippen LogP contribution in [0.25, 0.3) is 5.82 Å². The monoisotopic (exact) mass is 248 g/mol. The molecule has 0 aliphatic rings. The normalized spacial score (nSPS) is 10.6. The molecular weight excluding hydrogens is 232 g/mol. The third-order valence-corrected chi connectivity index (χ3v) is 2.34. The number of rotatable bonds is 4. The van der Waals surface area contributed by atoms with Crippen LogP contribution in [-0.4, -0.2) is 31.3 Å². The second-order valence-electron chi connectivity index (χ2n) is 3.88. The van der Waals surface area contributed by atoms with Crippen molar-refractivity contribution in [2.75, 3.05) is 12.3 Å². The Bertz CT molecular complexity index is 550. The Morgan fingerprint density at radius 2 is 2.11 bits per heavy atom. The number of ether oxygens (including phenoxy) is 1. The number of nitrogens with two attached hydrogens (primary N) is 1. The van der Waals surface area contributed by atoms with Gasteiger partial charge in [-0.1, -0.05) is 6.92 Å². The van der Waals surface area contributed by atoms with E-state index in [2.05, 4.69) is 20.1 Å². The lowest BCUT2D eigenvalue weighted by molar-refractivity contribution is 0.306. The van der Waals surface area contributed by atoms with Gasteiger partial charge in [-0.15, -0.1) is 5.10 Å². The number of nitrogens with zero attached hydrogens (tertiary/aromatic N) is 5. The Hall–Kier alpha value is -2.18. The average molecular weight is 248 g/mol. The maximum absolute atomic E-state index is 6.00. The van der Waals surface area contributed by atoms with Gasteiger partial charge in [-0.05, 0) is 20.3 Å². The Balaban J connectivity index is 2.42. The summed E-state index contributed by atoms with van der Waals surface area (Å²) in [4.78, 5) is 12.4. The highest BCUT2D eigenvalue weighted by molar-refractivity contribution is 5.59. The molecule has 0 bridgehead atoms. The zero-order valence-corrected chi connectivity index (χ0v) is 10.7. The molecule has 0 aromatic carbocycles. The SMILES string of the molecule is CCCOc1ncnc(-n2nc(C)nc2C)c1N. The predicted octanol–water partition coefficient (Wildman–Crippen LogP) is 1.05. The first-order chi connectivity index (χ1) is 8.63. The van der Waals surface area contributed by atoms with Gasteiger partial charge in [0, 0.05) is 0 Å². The van der Waals surface area contributed by atoms with E-state index < -0.39 is 0 Å². The molecule has 2 aromatic heterocycles. The van der Waals surface area contributed by atoms with Crippen molar-refractivity contribution in [1.29, 1.82) is 0 Å². The quantitative estimate of drug-likeness (QED) is 0.869. The smallest absolute Gasteiger partial charge is 0.242 e. The largest absolute Gasteiger partial charge is 0.476 e. The van der Waals surface area contributed by atoms with E-state index in [0.29, 0.717) is 29.8 Å². The lowest BCUT2D eigenvalue weighted by Crippen LogP contribution is -2.10. The summed E-state index contributed by atoms with van der Waals surface area (Å²) in [7, 11) is 0. The molecule has 0 aliphatic carbocycles. The molecular formula is C11H16N6O. The lowest BCUT2D eigenvalue weighted by atomic mass is 10.4. The summed E-state index contributed by atoms with van der Waals surface area (Å²) in [5.41, 5.74) is 6.37. The van der Waals surface area contributed by atoms with Gasteiger partial charge in [-0.25, -0.2) is 9.97 Å². The Morgan fingerprint density at radius 3 is 2.72 bits per heavy atom. The van der Waals surface area contributed by atoms with Crippen molar-refractivity contribution in [3.63, 3.8) is 0 Å². The Kier molecular flexibility index (Phi) is 3.40. The van der Waals surface area contributed by atoms with Crippen molar-refractivity contribution in [1.82, 2.24) is 24.7 Å². The summed E-state index contributed by atoms with van der Waals surface area (Å²) >= 11 is 0. The molecule has 2 heterocycles. The first-order valence-electron chi connectivity index (χ1n) is 5.77. The summed E-state index contributed by atoms with van der Waals surface area (Å²) in [6.45, 7) is 6.24. The van der Waals surface area contributed by atoms with Crippen LogP contribution in [-0.2, 0) is 0 Å². The molecule has 0 amide bonds. The fraction of sp³-hybridized carbons (Fsp3) is 0.455. The molecule has 0 unspecified atom stereocenters. The summed E-state index contributed by atoms with van der Waals surface area (Å²) in [6, 6.07) is 0. The fourth-order valence-electron chi connectivity index (χ4n) is 1.57. The molecule has 0 aliphatic heterocycles. The third-order valence-electron chi connectivity index (χ3n) is 2.34. The van der Waals surface area contributed by atoms with E-state index in [1.165, 1.54) is 6.33 Å². The van der Waals surface area contributed by atoms with Gasteiger partial charge in [0.15, 0.2) is 5.82 Å². The predicted molar refractivity (Wildman–Crippen MR) is 66.6 cm³/mol. The zero-order chi connectivity index (χ0) is 13.1. The molecule has 0 atom stereocenters. The van der Waals surface area contributed by atoms with Crippen molar-refractivity contribution in [3.05, 3.63) is 18.0 Å². The lowest BCUT2D eigenvalue weighted by Gasteiger charge is -2.09. The van der Waals surface area contributed by atoms with Crippen LogP contribution in [0.2, 0.25) is 0 Å². The number of aromatic nitrogens is 5. The van der Waals surface area contributed by atoms with Crippen molar-refractivity contribution in [2.45, 2.75) is 27.2 Å². The molecule has 0 saturated heterocycles. The highest BCUT2D eigenvalue weighted by Crippen LogP contribution is 2.23. The van der Waals surface area contributed by atoms with Crippen molar-refractivity contribution in [2.24, 2.45) is 0 Å². The molecule has 2 rings (SSSR count). The van der Waals surface area contributed by atoms with Crippen LogP contribution in [0.5, 0.6) is 5.88 Å². The minimum atomic E-state index is 0.374. The van der Waals surface area contributed by atoms with E-state index in [1.54, 1.807) is 4.68 Å². The van der Waals surface area contributed by atoms with E-state index in [0.717, 1.165) is 12.2 Å². The highest BCUT2D eigenvalue weighted by atomic mass is 16.5. The Labute approximate surface area is 105 Å². The van der Waals surface area contributed by atoms with Crippen LogP contribution in [0, 0.1) is 13.8 Å². The molecule has 0 radical (unpaired) electrons. The first-order valence-corrected chi connectivity index (χ1v) is 5.77. The molecule has 7 nitrogen and oxygen atoms in total. The highest BCUT2D eigenvalue weighted by Gasteiger charge is 2.14. The van der Waals surface area contributed by atoms with E-state index in [1.807, 2.05) is 20.8 Å². The second kappa shape index (κ2) is 4.99. The fourth-order valence-corrected chi connectivity index (χ4v) is 1.57. The van der Waals surface area contributed by atoms with Crippen LogP contribution < -0.4 is 10.5 Å². The van der Waals surface area contributed by atoms with Crippen molar-refractivity contribution < 1.29 is 4.74 Å². The average Bonchev–Trinajstić information content (AvgIpc) is 2.67. The molecule has 96 valence electrons. The summed E-state index contributed by atoms with van der Waals surface area (Å²) in [6.07, 6.45) is 2.30. The molecule has 0 fully saturated rings. The standard InChI is InChI=1S/C11H16N6O/c1-4-5-18-11-9(12)10(13-6-14-11)17-8(3)15-7(2)16-17/h6H,4-5,12H2,1-3H3. The molecule has 7 heteroatoms. The Morgan fingerprint density at radius 1 is 1.33 bits per heavy atom. The van der Waals surface area contributed by atoms with Gasteiger partial charge in [0.2, 0.25) is 5.88 Å². The van der Waals surface area contributed by atoms with Crippen molar-refractivity contribution >= 4 is 5.69 Å². The second-order valence-corrected chi connectivity index (χ2v) is 3.88. The summed E-state index contributed by atoms with van der Waals surface area (Å²) in [5, 5.41) is 4.24. The van der Waals surface area contributed by atoms with Crippen LogP contribution in [0.15, 0.2) is 6.33 Å². The van der Waals surface area contributed by atoms with Crippen LogP contribution >= 0.6 is 0 Å². The van der Waals surface area contributed by atoms with E-state index in [4.69, 9.17) is 10.5 Å². The van der Waals surface area contributed by atoms with E-state index in [-0.39, 0.29) is 0 Å². The molecule has 2 aromatic rings. The van der Waals surface area contributed by atoms with Gasteiger partial charge in [0.05, 0.1) is 6.61 Å². The summed E-state index contributed by atoms with van der Waals surface area (Å²) < 4.78 is 7.05. The van der Waals surface area contributed by atoms with Crippen LogP contribution in [0.1, 0.15) is 25.0 Å². The topological polar surface area (TPSA) is 91.7 Å². The number of hydrogen-bond acceptors (Lipinski definition) is 6. The van der Waals surface area contributed by atoms with Gasteiger partial charge in [-0.2, -0.15) is 9.67 Å². The van der Waals surface area contributed by atoms with Gasteiger partial charge in [0.1, 0.15) is 23.7 Å². The van der Waals surface area contributed by atoms with Crippen molar-refractivity contribution in [3.8, 4) is 11.7 Å². The minimum Gasteiger partial charge on any atom is -0.476 e. The zero-order valence-electron chi connectivity index (χ0n) is 10.7. The van der Waals surface area contributed by atoms with E-state index in [9.17, 15) is 0 Å². The third kappa shape index (κ3) is 2.24. The number of anilines is 1. The van der Waals surface area contributed by atoms with Gasteiger partial charge < -0.3 is 10.5 Å². The molecule has 18 heavy (non-hydrogen) atoms. The number of aryl methyl sites for hydroxylation is 2. The van der Waals surface area contributed by atoms with Gasteiger partial charge in [0.25, 0.3) is 0 Å². The molecule has 2 N–H and O–H groups in total. The van der Waals surface area contributed by atoms with Gasteiger partial charge >= 0.3 is 0 Å². The van der Waals surface area contributed by atoms with Crippen LogP contribution in [0.4, 0.5) is 5.69 Å². The summed E-state index contributed by atoms with van der Waals surface area (Å²) in [5.74, 6) is 2.27. The molecule has 0 spiro atoms. The first kappa shape index (κ1) is 12.3. The number of hydrogen-bond donors (Lipinski definition) is 1. The maximum Gasteiger partial charge on any atom is 0.242 e. The van der Waals surface area contributed by atoms with Gasteiger partial charge in [-0.3, -0.25) is 0 Å².